The van der Waals surface area contributed by atoms with E-state index in [-0.39, 0.29) is 72.6 Å². The Morgan fingerprint density at radius 2 is 0.927 bits per heavy atom. The number of ether oxygens (including phenoxy) is 2. The molecule has 8 aliphatic carbocycles. The minimum absolute atomic E-state index is 0. The molecule has 5 aromatic rings. The monoisotopic (exact) mass is 1360 g/mol. The zero-order valence-electron chi connectivity index (χ0n) is 56.7. The molecule has 13 rings (SSSR count). The quantitative estimate of drug-likeness (QED) is 0.0157. The van der Waals surface area contributed by atoms with Crippen molar-refractivity contribution >= 4 is 21.4 Å². The van der Waals surface area contributed by atoms with Gasteiger partial charge in [0.2, 0.25) is 0 Å². The number of fused-ring (bicyclic) bond motifs is 10. The number of aromatic nitrogens is 1. The number of rotatable bonds is 21. The lowest BCUT2D eigenvalue weighted by atomic mass is 9.44. The third-order valence-corrected chi connectivity index (χ3v) is 28.3. The Bertz CT molecular complexity index is 3300. The Kier molecular flexibility index (Phi) is 25.4. The second-order valence-electron chi connectivity index (χ2n) is 31.0. The van der Waals surface area contributed by atoms with Gasteiger partial charge in [-0.15, -0.1) is 11.6 Å². The highest BCUT2D eigenvalue weighted by atomic mass is 31.2. The molecule has 1 aromatic heterocycles. The van der Waals surface area contributed by atoms with Gasteiger partial charge in [0.05, 0.1) is 43.3 Å². The molecule has 16 heteroatoms. The van der Waals surface area contributed by atoms with Crippen LogP contribution in [0.5, 0.6) is 0 Å². The molecule has 14 nitrogen and oxygen atoms in total. The molecule has 526 valence electrons. The lowest BCUT2D eigenvalue weighted by Crippen LogP contribution is -2.55. The zero-order valence-corrected chi connectivity index (χ0v) is 58.5. The SMILES string of the molecule is C.C.C#CCOCP(=O)(OCc1ccccc1)OCc1ccccc1.C[C@@]1(O)CC[C@@]2(C)C(CCC3C2CC[C@@]2(C)C3CC[C@@H]2/C=N/O)C1.C[C@@]1(O)CC[C@@]2(C)C(CCC3C2CC[C@@]2(C)C3CC[C@@H]2c2cc(COCP(=O)(OCc3ccccc3)OCc3ccccc3)on2)C1. The number of benzene rings is 4. The molecule has 4 aromatic carbocycles. The third-order valence-electron chi connectivity index (χ3n) is 25.2. The Balaban J connectivity index is 0.000000186. The Morgan fingerprint density at radius 1 is 0.521 bits per heavy atom. The second-order valence-corrected chi connectivity index (χ2v) is 35.0. The van der Waals surface area contributed by atoms with E-state index >= 15 is 0 Å². The molecule has 8 aliphatic rings. The highest BCUT2D eigenvalue weighted by Gasteiger charge is 2.63. The number of terminal acetylenes is 1. The van der Waals surface area contributed by atoms with Crippen molar-refractivity contribution in [1.82, 2.24) is 5.16 Å². The van der Waals surface area contributed by atoms with E-state index in [1.54, 1.807) is 0 Å². The van der Waals surface area contributed by atoms with Gasteiger partial charge in [0.15, 0.2) is 5.76 Å². The van der Waals surface area contributed by atoms with E-state index < -0.39 is 26.4 Å². The average Bonchev–Trinajstić information content (AvgIpc) is 1.37. The van der Waals surface area contributed by atoms with Crippen LogP contribution < -0.4 is 0 Å². The third kappa shape index (κ3) is 17.3. The molecular formula is C80H114N2O12P2. The Labute approximate surface area is 575 Å². The Hall–Kier alpha value is -4.74. The minimum Gasteiger partial charge on any atom is -0.411 e. The van der Waals surface area contributed by atoms with Gasteiger partial charge in [-0.25, -0.2) is 0 Å². The first-order chi connectivity index (χ1) is 45.1. The smallest absolute Gasteiger partial charge is 0.356 e. The van der Waals surface area contributed by atoms with Crippen molar-refractivity contribution in [1.29, 1.82) is 0 Å². The average molecular weight is 1360 g/mol. The largest absolute Gasteiger partial charge is 0.411 e. The van der Waals surface area contributed by atoms with Crippen molar-refractivity contribution in [2.45, 2.75) is 222 Å². The predicted molar refractivity (Wildman–Crippen MR) is 381 cm³/mol. The normalized spacial score (nSPS) is 34.2. The zero-order chi connectivity index (χ0) is 66.2. The van der Waals surface area contributed by atoms with E-state index in [2.05, 4.69) is 50.0 Å². The number of hydrogen-bond acceptors (Lipinski definition) is 14. The van der Waals surface area contributed by atoms with E-state index in [0.717, 1.165) is 96.1 Å². The van der Waals surface area contributed by atoms with Crippen LogP contribution in [0.3, 0.4) is 0 Å². The minimum atomic E-state index is -3.57. The fourth-order valence-corrected chi connectivity index (χ4v) is 22.4. The first kappa shape index (κ1) is 75.5. The molecule has 0 radical (unpaired) electrons. The van der Waals surface area contributed by atoms with Crippen LogP contribution in [0.25, 0.3) is 0 Å². The summed E-state index contributed by atoms with van der Waals surface area (Å²) in [5.41, 5.74) is 5.12. The van der Waals surface area contributed by atoms with Gasteiger partial charge >= 0.3 is 15.2 Å². The fraction of sp³-hybridized carbons (Fsp3) is 0.625. The summed E-state index contributed by atoms with van der Waals surface area (Å²) in [5.74, 6) is 9.90. The molecular weight excluding hydrogens is 1240 g/mol. The first-order valence-electron chi connectivity index (χ1n) is 35.2. The summed E-state index contributed by atoms with van der Waals surface area (Å²) in [6.07, 6.45) is 28.1. The topological polar surface area (TPSA) is 189 Å². The van der Waals surface area contributed by atoms with Gasteiger partial charge in [-0.3, -0.25) is 9.13 Å². The van der Waals surface area contributed by atoms with Gasteiger partial charge < -0.3 is 47.5 Å². The highest BCUT2D eigenvalue weighted by Crippen LogP contribution is 2.71. The van der Waals surface area contributed by atoms with Crippen LogP contribution in [0.1, 0.15) is 212 Å². The molecule has 8 fully saturated rings. The fourth-order valence-electron chi connectivity index (χ4n) is 20.0. The van der Waals surface area contributed by atoms with Crippen molar-refractivity contribution in [3.05, 3.63) is 161 Å². The van der Waals surface area contributed by atoms with E-state index in [0.29, 0.717) is 51.6 Å². The summed E-state index contributed by atoms with van der Waals surface area (Å²) in [6.45, 7) is 15.1. The van der Waals surface area contributed by atoms with E-state index in [4.69, 9.17) is 43.7 Å². The lowest BCUT2D eigenvalue weighted by molar-refractivity contribution is -0.143. The van der Waals surface area contributed by atoms with Crippen molar-refractivity contribution in [2.24, 2.45) is 80.1 Å². The molecule has 0 amide bonds. The van der Waals surface area contributed by atoms with Crippen molar-refractivity contribution in [3.8, 4) is 12.3 Å². The van der Waals surface area contributed by atoms with Gasteiger partial charge in [0, 0.05) is 24.1 Å². The molecule has 0 bridgehead atoms. The van der Waals surface area contributed by atoms with Crippen LogP contribution in [0, 0.1) is 87.3 Å². The summed E-state index contributed by atoms with van der Waals surface area (Å²) >= 11 is 0. The van der Waals surface area contributed by atoms with Crippen LogP contribution in [0.2, 0.25) is 0 Å². The van der Waals surface area contributed by atoms with Crippen LogP contribution in [-0.2, 0) is 69.7 Å². The van der Waals surface area contributed by atoms with Crippen LogP contribution in [-0.4, -0.2) is 57.3 Å². The van der Waals surface area contributed by atoms with Crippen molar-refractivity contribution in [2.75, 3.05) is 19.3 Å². The van der Waals surface area contributed by atoms with Gasteiger partial charge in [-0.05, 0) is 221 Å². The first-order valence-corrected chi connectivity index (χ1v) is 38.6. The van der Waals surface area contributed by atoms with E-state index in [9.17, 15) is 19.3 Å². The van der Waals surface area contributed by atoms with Crippen LogP contribution >= 0.6 is 15.2 Å². The molecule has 1 heterocycles. The molecule has 8 unspecified atom stereocenters. The molecule has 0 saturated heterocycles. The molecule has 0 aliphatic heterocycles. The Morgan fingerprint density at radius 3 is 1.36 bits per heavy atom. The highest BCUT2D eigenvalue weighted by molar-refractivity contribution is 7.53. The van der Waals surface area contributed by atoms with Crippen molar-refractivity contribution < 1.29 is 56.6 Å². The number of aliphatic hydroxyl groups is 2. The van der Waals surface area contributed by atoms with Crippen LogP contribution in [0.15, 0.2) is 137 Å². The van der Waals surface area contributed by atoms with Gasteiger partial charge in [-0.2, -0.15) is 0 Å². The summed E-state index contributed by atoms with van der Waals surface area (Å²) in [6, 6.07) is 40.4. The lowest BCUT2D eigenvalue weighted by Gasteiger charge is -2.61. The number of nitrogens with zero attached hydrogens (tertiary/aromatic N) is 2. The second kappa shape index (κ2) is 32.3. The molecule has 8 saturated carbocycles. The molecule has 16 atom stereocenters. The van der Waals surface area contributed by atoms with Gasteiger partial charge in [0.25, 0.3) is 0 Å². The van der Waals surface area contributed by atoms with E-state index in [1.165, 1.54) is 77.0 Å². The summed E-state index contributed by atoms with van der Waals surface area (Å²) in [5, 5.41) is 38.5. The van der Waals surface area contributed by atoms with E-state index in [1.807, 2.05) is 141 Å². The summed E-state index contributed by atoms with van der Waals surface area (Å²) in [7, 11) is -6.96. The molecule has 0 spiro atoms. The maximum atomic E-state index is 13.8. The maximum Gasteiger partial charge on any atom is 0.356 e. The van der Waals surface area contributed by atoms with Gasteiger partial charge in [-0.1, -0.05) is 175 Å². The summed E-state index contributed by atoms with van der Waals surface area (Å²) < 4.78 is 66.3. The van der Waals surface area contributed by atoms with Gasteiger partial charge in [0.1, 0.15) is 25.9 Å². The van der Waals surface area contributed by atoms with Crippen molar-refractivity contribution in [3.63, 3.8) is 0 Å². The van der Waals surface area contributed by atoms with Crippen LogP contribution in [0.4, 0.5) is 0 Å². The standard InChI is InChI=1S/C39H52NO6P.C21H35NO2.C18H19O4P.2CH4/c1-37(41)20-21-38(2)30(23-37)14-15-32-33-16-17-35(39(33,3)19-18-34(32)38)36-22-31(46-40-36)26-43-27-47(42,44-24-28-10-6-4-7-11-28)45-25-29-12-8-5-9-13-29;1-19(23)10-11-21(3)14(12-19)4-6-16-17-7-5-15(13-22-24)20(17,2)9-8-18(16)21;1-2-13-20-16-23(19,21-14-17-9-5-3-6-10-17)22-15-18-11-7-4-8-12-18;;/h4-13,22,30,32-35,41H,14-21,23-27H2,1-3H3;13-18,23-24H,4-12H2,1-3H3;1,3-12H,13-16H2;2*1H4/b;22-13+;;;/t30?,32?,33?,34?,35-,37-,38+,39+;14?,15-,16?,17?,18?,19-,20-,21+;;;/m11.../s1. The summed E-state index contributed by atoms with van der Waals surface area (Å²) in [4.78, 5) is 0. The predicted octanol–water partition coefficient (Wildman–Crippen LogP) is 20.0. The number of hydrogen-bond donors (Lipinski definition) is 3. The number of oxime groups is 1. The molecule has 3 N–H and O–H groups in total. The molecule has 96 heavy (non-hydrogen) atoms. The maximum absolute atomic E-state index is 13.8.